The van der Waals surface area contributed by atoms with Crippen LogP contribution in [0.15, 0.2) is 17.2 Å². The van der Waals surface area contributed by atoms with Gasteiger partial charge in [-0.1, -0.05) is 19.0 Å². The number of aromatic nitrogens is 5. The van der Waals surface area contributed by atoms with Gasteiger partial charge in [-0.3, -0.25) is 14.5 Å². The van der Waals surface area contributed by atoms with Gasteiger partial charge in [0.2, 0.25) is 5.89 Å². The van der Waals surface area contributed by atoms with E-state index in [9.17, 15) is 0 Å². The Morgan fingerprint density at radius 1 is 1.13 bits per heavy atom. The molecule has 2 aromatic rings. The van der Waals surface area contributed by atoms with Crippen LogP contribution in [-0.2, 0) is 6.54 Å². The van der Waals surface area contributed by atoms with Crippen molar-refractivity contribution in [3.05, 3.63) is 24.4 Å². The zero-order valence-corrected chi connectivity index (χ0v) is 14.1. The first-order valence-electron chi connectivity index (χ1n) is 8.26. The van der Waals surface area contributed by atoms with Gasteiger partial charge < -0.3 is 4.52 Å². The molecule has 1 fully saturated rings. The van der Waals surface area contributed by atoms with Crippen LogP contribution in [0.5, 0.6) is 0 Å². The number of hydrogen-bond acceptors (Lipinski definition) is 7. The second kappa shape index (κ2) is 7.18. The van der Waals surface area contributed by atoms with E-state index >= 15 is 0 Å². The molecule has 23 heavy (non-hydrogen) atoms. The first-order chi connectivity index (χ1) is 11.1. The molecule has 0 spiro atoms. The van der Waals surface area contributed by atoms with Gasteiger partial charge in [-0.25, -0.2) is 4.98 Å². The minimum absolute atomic E-state index is 0.174. The molecule has 0 N–H and O–H groups in total. The molecule has 0 bridgehead atoms. The number of nitrogens with zero attached hydrogens (tertiary/aromatic N) is 7. The Balaban J connectivity index is 1.47. The van der Waals surface area contributed by atoms with E-state index in [4.69, 9.17) is 4.52 Å². The SMILES string of the molecule is CC(C)c1noc(C(C)N2CCN(CCn3cncn3)CC2)n1. The molecule has 2 aromatic heterocycles. The van der Waals surface area contributed by atoms with Crippen LogP contribution >= 0.6 is 0 Å². The van der Waals surface area contributed by atoms with Crippen LogP contribution in [0.2, 0.25) is 0 Å². The molecule has 0 saturated carbocycles. The molecule has 8 nitrogen and oxygen atoms in total. The minimum Gasteiger partial charge on any atom is -0.338 e. The van der Waals surface area contributed by atoms with Crippen molar-refractivity contribution >= 4 is 0 Å². The second-order valence-corrected chi connectivity index (χ2v) is 6.36. The van der Waals surface area contributed by atoms with Crippen molar-refractivity contribution in [1.29, 1.82) is 0 Å². The third-order valence-electron chi connectivity index (χ3n) is 4.40. The normalized spacial score (nSPS) is 18.6. The van der Waals surface area contributed by atoms with E-state index in [2.05, 4.69) is 50.8 Å². The summed E-state index contributed by atoms with van der Waals surface area (Å²) in [6.45, 7) is 12.3. The maximum atomic E-state index is 5.43. The van der Waals surface area contributed by atoms with Crippen LogP contribution in [0.1, 0.15) is 44.4 Å². The molecule has 1 aliphatic heterocycles. The summed E-state index contributed by atoms with van der Waals surface area (Å²) >= 11 is 0. The Bertz CT molecular complexity index is 587. The van der Waals surface area contributed by atoms with Crippen molar-refractivity contribution in [2.75, 3.05) is 32.7 Å². The second-order valence-electron chi connectivity index (χ2n) is 6.36. The molecule has 1 unspecified atom stereocenters. The monoisotopic (exact) mass is 319 g/mol. The van der Waals surface area contributed by atoms with E-state index in [0.717, 1.165) is 51.0 Å². The highest BCUT2D eigenvalue weighted by Crippen LogP contribution is 2.21. The van der Waals surface area contributed by atoms with Crippen molar-refractivity contribution in [3.8, 4) is 0 Å². The third kappa shape index (κ3) is 3.94. The van der Waals surface area contributed by atoms with Crippen LogP contribution in [0, 0.1) is 0 Å². The molecule has 1 saturated heterocycles. The molecule has 3 heterocycles. The highest BCUT2D eigenvalue weighted by molar-refractivity contribution is 4.96. The van der Waals surface area contributed by atoms with E-state index in [0.29, 0.717) is 5.92 Å². The van der Waals surface area contributed by atoms with Crippen molar-refractivity contribution in [2.24, 2.45) is 0 Å². The quantitative estimate of drug-likeness (QED) is 0.791. The molecular weight excluding hydrogens is 294 g/mol. The molecule has 0 aliphatic carbocycles. The Hall–Kier alpha value is -1.80. The van der Waals surface area contributed by atoms with Crippen LogP contribution in [-0.4, -0.2) is 67.4 Å². The molecule has 1 aliphatic rings. The fraction of sp³-hybridized carbons (Fsp3) is 0.733. The molecule has 1 atom stereocenters. The van der Waals surface area contributed by atoms with Gasteiger partial charge in [0.05, 0.1) is 12.6 Å². The largest absolute Gasteiger partial charge is 0.338 e. The van der Waals surface area contributed by atoms with Gasteiger partial charge in [-0.2, -0.15) is 10.1 Å². The minimum atomic E-state index is 0.174. The zero-order valence-electron chi connectivity index (χ0n) is 14.1. The summed E-state index contributed by atoms with van der Waals surface area (Å²) in [7, 11) is 0. The van der Waals surface area contributed by atoms with Gasteiger partial charge in [-0.05, 0) is 6.92 Å². The zero-order chi connectivity index (χ0) is 16.2. The number of rotatable bonds is 6. The van der Waals surface area contributed by atoms with Crippen molar-refractivity contribution < 1.29 is 4.52 Å². The topological polar surface area (TPSA) is 76.1 Å². The lowest BCUT2D eigenvalue weighted by Gasteiger charge is -2.36. The van der Waals surface area contributed by atoms with Crippen LogP contribution in [0.4, 0.5) is 0 Å². The van der Waals surface area contributed by atoms with Crippen LogP contribution in [0.25, 0.3) is 0 Å². The maximum Gasteiger partial charge on any atom is 0.243 e. The summed E-state index contributed by atoms with van der Waals surface area (Å²) in [4.78, 5) is 13.4. The average molecular weight is 319 g/mol. The standard InChI is InChI=1S/C15H25N7O/c1-12(2)14-18-15(23-19-14)13(3)21-7-4-20(5-8-21)6-9-22-11-16-10-17-22/h10-13H,4-9H2,1-3H3. The first kappa shape index (κ1) is 16.1. The summed E-state index contributed by atoms with van der Waals surface area (Å²) in [5.41, 5.74) is 0. The van der Waals surface area contributed by atoms with Gasteiger partial charge in [0.1, 0.15) is 12.7 Å². The van der Waals surface area contributed by atoms with Gasteiger partial charge in [0.15, 0.2) is 5.82 Å². The van der Waals surface area contributed by atoms with Gasteiger partial charge in [-0.15, -0.1) is 0 Å². The summed E-state index contributed by atoms with van der Waals surface area (Å²) in [6.07, 6.45) is 3.34. The highest BCUT2D eigenvalue weighted by atomic mass is 16.5. The lowest BCUT2D eigenvalue weighted by molar-refractivity contribution is 0.0858. The van der Waals surface area contributed by atoms with Gasteiger partial charge in [0.25, 0.3) is 0 Å². The third-order valence-corrected chi connectivity index (χ3v) is 4.40. The lowest BCUT2D eigenvalue weighted by Crippen LogP contribution is -2.47. The Morgan fingerprint density at radius 3 is 2.52 bits per heavy atom. The molecule has 126 valence electrons. The molecular formula is C15H25N7O. The van der Waals surface area contributed by atoms with Crippen molar-refractivity contribution in [2.45, 2.75) is 39.3 Å². The maximum absolute atomic E-state index is 5.43. The van der Waals surface area contributed by atoms with E-state index < -0.39 is 0 Å². The fourth-order valence-electron chi connectivity index (χ4n) is 2.77. The average Bonchev–Trinajstić information content (AvgIpc) is 3.24. The number of hydrogen-bond donors (Lipinski definition) is 0. The lowest BCUT2D eigenvalue weighted by atomic mass is 10.2. The van der Waals surface area contributed by atoms with E-state index in [1.807, 2.05) is 4.68 Å². The Morgan fingerprint density at radius 2 is 1.91 bits per heavy atom. The molecule has 0 aromatic carbocycles. The Kier molecular flexibility index (Phi) is 5.02. The molecule has 3 rings (SSSR count). The molecule has 0 radical (unpaired) electrons. The summed E-state index contributed by atoms with van der Waals surface area (Å²) in [5, 5.41) is 8.21. The van der Waals surface area contributed by atoms with Crippen LogP contribution < -0.4 is 0 Å². The summed E-state index contributed by atoms with van der Waals surface area (Å²) < 4.78 is 7.31. The smallest absolute Gasteiger partial charge is 0.243 e. The van der Waals surface area contributed by atoms with E-state index in [-0.39, 0.29) is 6.04 Å². The van der Waals surface area contributed by atoms with Gasteiger partial charge >= 0.3 is 0 Å². The molecule has 8 heteroatoms. The predicted molar refractivity (Wildman–Crippen MR) is 84.8 cm³/mol. The van der Waals surface area contributed by atoms with Crippen LogP contribution in [0.3, 0.4) is 0 Å². The van der Waals surface area contributed by atoms with Crippen molar-refractivity contribution in [3.63, 3.8) is 0 Å². The first-order valence-corrected chi connectivity index (χ1v) is 8.26. The Labute approximate surface area is 136 Å². The highest BCUT2D eigenvalue weighted by Gasteiger charge is 2.26. The van der Waals surface area contributed by atoms with E-state index in [1.165, 1.54) is 0 Å². The van der Waals surface area contributed by atoms with E-state index in [1.54, 1.807) is 12.7 Å². The van der Waals surface area contributed by atoms with Crippen molar-refractivity contribution in [1.82, 2.24) is 34.7 Å². The number of piperazine rings is 1. The van der Waals surface area contributed by atoms with Gasteiger partial charge in [0, 0.05) is 38.6 Å². The molecule has 0 amide bonds. The predicted octanol–water partition coefficient (Wildman–Crippen LogP) is 1.16. The fourth-order valence-corrected chi connectivity index (χ4v) is 2.77. The summed E-state index contributed by atoms with van der Waals surface area (Å²) in [6, 6.07) is 0.174. The summed E-state index contributed by atoms with van der Waals surface area (Å²) in [5.74, 6) is 1.82.